The van der Waals surface area contributed by atoms with Gasteiger partial charge >= 0.3 is 0 Å². The van der Waals surface area contributed by atoms with Gasteiger partial charge in [0.1, 0.15) is 5.82 Å². The predicted molar refractivity (Wildman–Crippen MR) is 90.5 cm³/mol. The van der Waals surface area contributed by atoms with E-state index < -0.39 is 0 Å². The predicted octanol–water partition coefficient (Wildman–Crippen LogP) is 3.43. The molecule has 0 aliphatic heterocycles. The molecule has 6 heteroatoms. The van der Waals surface area contributed by atoms with E-state index in [-0.39, 0.29) is 17.4 Å². The van der Waals surface area contributed by atoms with E-state index >= 15 is 0 Å². The molecular weight excluding hydrogens is 307 g/mol. The first-order chi connectivity index (χ1) is 11.6. The lowest BCUT2D eigenvalue weighted by Gasteiger charge is -2.10. The largest absolute Gasteiger partial charge is 0.312 e. The van der Waals surface area contributed by atoms with E-state index in [2.05, 4.69) is 10.1 Å². The third-order valence-electron chi connectivity index (χ3n) is 4.13. The van der Waals surface area contributed by atoms with Gasteiger partial charge in [-0.1, -0.05) is 12.1 Å². The van der Waals surface area contributed by atoms with Gasteiger partial charge < -0.3 is 4.57 Å². The molecule has 1 aromatic carbocycles. The Labute approximate surface area is 137 Å². The number of aromatic nitrogens is 4. The highest BCUT2D eigenvalue weighted by Gasteiger charge is 2.13. The van der Waals surface area contributed by atoms with Gasteiger partial charge in [-0.25, -0.2) is 13.9 Å². The maximum atomic E-state index is 13.1. The van der Waals surface area contributed by atoms with Crippen LogP contribution in [0.3, 0.4) is 0 Å². The second kappa shape index (κ2) is 5.26. The molecule has 0 N–H and O–H groups in total. The Morgan fingerprint density at radius 1 is 1.08 bits per heavy atom. The minimum Gasteiger partial charge on any atom is -0.312 e. The number of hydrogen-bond donors (Lipinski definition) is 0. The van der Waals surface area contributed by atoms with Crippen molar-refractivity contribution >= 4 is 16.6 Å². The summed E-state index contributed by atoms with van der Waals surface area (Å²) in [4.78, 5) is 17.0. The van der Waals surface area contributed by atoms with Crippen molar-refractivity contribution in [2.24, 2.45) is 0 Å². The van der Waals surface area contributed by atoms with Gasteiger partial charge in [0.25, 0.3) is 5.56 Å². The van der Waals surface area contributed by atoms with Gasteiger partial charge in [0.15, 0.2) is 5.65 Å². The molecule has 0 aliphatic rings. The molecule has 0 saturated heterocycles. The summed E-state index contributed by atoms with van der Waals surface area (Å²) >= 11 is 0. The number of halogens is 1. The fraction of sp³-hybridized carbons (Fsp3) is 0.167. The molecule has 4 rings (SSSR count). The minimum atomic E-state index is -0.289. The van der Waals surface area contributed by atoms with Crippen LogP contribution in [-0.2, 0) is 0 Å². The number of hydrogen-bond acceptors (Lipinski definition) is 3. The first-order valence-electron chi connectivity index (χ1n) is 7.70. The summed E-state index contributed by atoms with van der Waals surface area (Å²) < 4.78 is 16.4. The van der Waals surface area contributed by atoms with Crippen LogP contribution in [0.1, 0.15) is 19.9 Å². The van der Waals surface area contributed by atoms with Crippen molar-refractivity contribution in [3.05, 3.63) is 65.1 Å². The van der Waals surface area contributed by atoms with Gasteiger partial charge in [0.05, 0.1) is 17.1 Å². The molecule has 0 saturated carbocycles. The van der Waals surface area contributed by atoms with Crippen molar-refractivity contribution in [1.82, 2.24) is 19.2 Å². The summed E-state index contributed by atoms with van der Waals surface area (Å²) in [6.45, 7) is 3.92. The summed E-state index contributed by atoms with van der Waals surface area (Å²) in [7, 11) is 0. The zero-order valence-electron chi connectivity index (χ0n) is 13.3. The number of fused-ring (bicyclic) bond motifs is 3. The van der Waals surface area contributed by atoms with E-state index in [1.54, 1.807) is 39.8 Å². The maximum absolute atomic E-state index is 13.1. The van der Waals surface area contributed by atoms with E-state index in [1.807, 2.05) is 19.9 Å². The molecule has 0 aliphatic carbocycles. The Bertz CT molecular complexity index is 1110. The number of pyridine rings is 1. The molecule has 5 nitrogen and oxygen atoms in total. The Kier molecular flexibility index (Phi) is 3.19. The minimum absolute atomic E-state index is 0.0741. The van der Waals surface area contributed by atoms with Crippen molar-refractivity contribution in [3.63, 3.8) is 0 Å². The van der Waals surface area contributed by atoms with Crippen molar-refractivity contribution < 1.29 is 4.39 Å². The summed E-state index contributed by atoms with van der Waals surface area (Å²) in [6, 6.07) is 8.13. The smallest absolute Gasteiger partial charge is 0.261 e. The first-order valence-corrected chi connectivity index (χ1v) is 7.70. The van der Waals surface area contributed by atoms with E-state index in [1.165, 1.54) is 12.1 Å². The highest BCUT2D eigenvalue weighted by atomic mass is 19.1. The number of nitrogens with zero attached hydrogens (tertiary/aromatic N) is 4. The Hall–Kier alpha value is -3.02. The second-order valence-corrected chi connectivity index (χ2v) is 5.98. The highest BCUT2D eigenvalue weighted by Crippen LogP contribution is 2.25. The van der Waals surface area contributed by atoms with Gasteiger partial charge in [-0.05, 0) is 37.6 Å². The van der Waals surface area contributed by atoms with Gasteiger partial charge in [-0.2, -0.15) is 5.10 Å². The topological polar surface area (TPSA) is 52.2 Å². The fourth-order valence-electron chi connectivity index (χ4n) is 2.87. The number of benzene rings is 1. The van der Waals surface area contributed by atoms with E-state index in [4.69, 9.17) is 0 Å². The van der Waals surface area contributed by atoms with Crippen LogP contribution in [-0.4, -0.2) is 19.2 Å². The molecule has 24 heavy (non-hydrogen) atoms. The summed E-state index contributed by atoms with van der Waals surface area (Å²) in [5, 5.41) is 4.89. The SMILES string of the molecule is CC(C)n1ccc2c(cnc3c(-c4ccc(F)cc4)cnn32)c1=O. The van der Waals surface area contributed by atoms with Crippen LogP contribution in [0.15, 0.2) is 53.7 Å². The molecule has 3 aromatic heterocycles. The van der Waals surface area contributed by atoms with E-state index in [0.29, 0.717) is 16.6 Å². The van der Waals surface area contributed by atoms with Crippen molar-refractivity contribution in [3.8, 4) is 11.1 Å². The van der Waals surface area contributed by atoms with Gasteiger partial charge in [0.2, 0.25) is 0 Å². The lowest BCUT2D eigenvalue weighted by Crippen LogP contribution is -2.22. The van der Waals surface area contributed by atoms with Crippen LogP contribution < -0.4 is 5.56 Å². The van der Waals surface area contributed by atoms with E-state index in [0.717, 1.165) is 11.1 Å². The molecule has 0 amide bonds. The lowest BCUT2D eigenvalue weighted by atomic mass is 10.1. The third kappa shape index (κ3) is 2.11. The third-order valence-corrected chi connectivity index (χ3v) is 4.13. The molecule has 0 unspecified atom stereocenters. The zero-order valence-corrected chi connectivity index (χ0v) is 13.3. The van der Waals surface area contributed by atoms with Crippen LogP contribution in [0.2, 0.25) is 0 Å². The first kappa shape index (κ1) is 14.6. The average molecular weight is 322 g/mol. The molecular formula is C18H15FN4O. The monoisotopic (exact) mass is 322 g/mol. The Balaban J connectivity index is 1.99. The normalized spacial score (nSPS) is 11.7. The average Bonchev–Trinajstić information content (AvgIpc) is 3.00. The Morgan fingerprint density at radius 3 is 2.54 bits per heavy atom. The van der Waals surface area contributed by atoms with Crippen LogP contribution >= 0.6 is 0 Å². The van der Waals surface area contributed by atoms with Crippen molar-refractivity contribution in [1.29, 1.82) is 0 Å². The zero-order chi connectivity index (χ0) is 16.8. The van der Waals surface area contributed by atoms with Crippen molar-refractivity contribution in [2.75, 3.05) is 0 Å². The molecule has 0 fully saturated rings. The lowest BCUT2D eigenvalue weighted by molar-refractivity contribution is 0.582. The summed E-state index contributed by atoms with van der Waals surface area (Å²) in [5.74, 6) is -0.289. The molecule has 3 heterocycles. The molecule has 0 bridgehead atoms. The summed E-state index contributed by atoms with van der Waals surface area (Å²) in [6.07, 6.45) is 5.04. The van der Waals surface area contributed by atoms with Gasteiger partial charge in [-0.3, -0.25) is 4.79 Å². The van der Waals surface area contributed by atoms with Crippen LogP contribution in [0, 0.1) is 5.82 Å². The van der Waals surface area contributed by atoms with Crippen LogP contribution in [0.4, 0.5) is 4.39 Å². The van der Waals surface area contributed by atoms with E-state index in [9.17, 15) is 9.18 Å². The maximum Gasteiger partial charge on any atom is 0.261 e. The standard InChI is InChI=1S/C18H15FN4O/c1-11(2)22-8-7-16-15(18(22)24)9-20-17-14(10-21-23(16)17)12-3-5-13(19)6-4-12/h3-11H,1-2H3. The number of rotatable bonds is 2. The summed E-state index contributed by atoms with van der Waals surface area (Å²) in [5.41, 5.74) is 2.88. The van der Waals surface area contributed by atoms with Gasteiger partial charge in [-0.15, -0.1) is 0 Å². The molecule has 120 valence electrons. The van der Waals surface area contributed by atoms with Crippen LogP contribution in [0.5, 0.6) is 0 Å². The van der Waals surface area contributed by atoms with Crippen LogP contribution in [0.25, 0.3) is 27.7 Å². The Morgan fingerprint density at radius 2 is 1.83 bits per heavy atom. The molecule has 0 atom stereocenters. The van der Waals surface area contributed by atoms with Gasteiger partial charge in [0, 0.05) is 24.0 Å². The second-order valence-electron chi connectivity index (χ2n) is 5.98. The quantitative estimate of drug-likeness (QED) is 0.568. The van der Waals surface area contributed by atoms with Crippen molar-refractivity contribution in [2.45, 2.75) is 19.9 Å². The molecule has 0 radical (unpaired) electrons. The molecule has 0 spiro atoms. The fourth-order valence-corrected chi connectivity index (χ4v) is 2.87. The highest BCUT2D eigenvalue weighted by molar-refractivity contribution is 5.84. The molecule has 4 aromatic rings.